The van der Waals surface area contributed by atoms with Crippen molar-refractivity contribution in [1.82, 2.24) is 4.90 Å². The second-order valence-corrected chi connectivity index (χ2v) is 7.44. The number of hydrogen-bond donors (Lipinski definition) is 1. The summed E-state index contributed by atoms with van der Waals surface area (Å²) < 4.78 is 7.02. The van der Waals surface area contributed by atoms with Crippen LogP contribution in [0.2, 0.25) is 0 Å². The Morgan fingerprint density at radius 2 is 2.14 bits per heavy atom. The van der Waals surface area contributed by atoms with Gasteiger partial charge in [-0.1, -0.05) is 12.5 Å². The number of benzene rings is 1. The summed E-state index contributed by atoms with van der Waals surface area (Å²) in [5.41, 5.74) is 7.18. The molecule has 1 saturated carbocycles. The number of nitrogens with zero attached hydrogens (tertiary/aromatic N) is 1. The summed E-state index contributed by atoms with van der Waals surface area (Å²) in [7, 11) is 2.19. The Morgan fingerprint density at radius 1 is 1.33 bits per heavy atom. The molecule has 0 aromatic heterocycles. The van der Waals surface area contributed by atoms with Crippen LogP contribution in [0.15, 0.2) is 22.7 Å². The maximum Gasteiger partial charge on any atom is 0.133 e. The average Bonchev–Trinajstić information content (AvgIpc) is 2.80. The third-order valence-corrected chi connectivity index (χ3v) is 5.63. The molecule has 0 spiro atoms. The molecule has 1 aromatic rings. The Bertz CT molecular complexity index is 490. The quantitative estimate of drug-likeness (QED) is 0.879. The van der Waals surface area contributed by atoms with Gasteiger partial charge in [-0.3, -0.25) is 4.90 Å². The minimum atomic E-state index is 0.482. The van der Waals surface area contributed by atoms with Gasteiger partial charge in [0.2, 0.25) is 0 Å². The molecule has 1 saturated heterocycles. The largest absolute Gasteiger partial charge is 0.492 e. The molecule has 3 rings (SSSR count). The molecule has 0 amide bonds. The highest BCUT2D eigenvalue weighted by Crippen LogP contribution is 2.37. The third-order valence-electron chi connectivity index (χ3n) is 5.01. The van der Waals surface area contributed by atoms with Gasteiger partial charge in [0.1, 0.15) is 5.75 Å². The molecule has 1 aliphatic heterocycles. The molecular weight excluding hydrogens is 328 g/mol. The molecule has 21 heavy (non-hydrogen) atoms. The summed E-state index contributed by atoms with van der Waals surface area (Å²) in [6, 6.07) is 7.02. The summed E-state index contributed by atoms with van der Waals surface area (Å²) >= 11 is 3.67. The van der Waals surface area contributed by atoms with Gasteiger partial charge in [-0.15, -0.1) is 0 Å². The first-order valence-electron chi connectivity index (χ1n) is 8.00. The molecule has 116 valence electrons. The van der Waals surface area contributed by atoms with Crippen molar-refractivity contribution in [3.05, 3.63) is 28.2 Å². The van der Waals surface area contributed by atoms with Crippen molar-refractivity contribution in [2.45, 2.75) is 31.7 Å². The van der Waals surface area contributed by atoms with E-state index in [1.165, 1.54) is 24.8 Å². The average molecular weight is 353 g/mol. The van der Waals surface area contributed by atoms with E-state index in [0.29, 0.717) is 12.0 Å². The normalized spacial score (nSPS) is 26.8. The van der Waals surface area contributed by atoms with Crippen LogP contribution in [0.25, 0.3) is 0 Å². The van der Waals surface area contributed by atoms with Crippen molar-refractivity contribution in [3.63, 3.8) is 0 Å². The summed E-state index contributed by atoms with van der Waals surface area (Å²) in [6.45, 7) is 2.74. The summed E-state index contributed by atoms with van der Waals surface area (Å²) in [5.74, 6) is 2.36. The molecule has 2 fully saturated rings. The van der Waals surface area contributed by atoms with Crippen LogP contribution >= 0.6 is 15.9 Å². The predicted octanol–water partition coefficient (Wildman–Crippen LogP) is 3.58. The SMILES string of the molecule is CN1CC(CN)CC1c1ccc(OCC2CCC2)c(Br)c1. The van der Waals surface area contributed by atoms with E-state index in [1.54, 1.807) is 0 Å². The van der Waals surface area contributed by atoms with E-state index in [4.69, 9.17) is 10.5 Å². The standard InChI is InChI=1S/C17H25BrN2O/c1-20-10-13(9-19)7-16(20)14-5-6-17(15(18)8-14)21-11-12-3-2-4-12/h5-6,8,12-13,16H,2-4,7,9-11,19H2,1H3. The van der Waals surface area contributed by atoms with Gasteiger partial charge in [0.05, 0.1) is 11.1 Å². The van der Waals surface area contributed by atoms with E-state index in [2.05, 4.69) is 46.1 Å². The minimum absolute atomic E-state index is 0.482. The van der Waals surface area contributed by atoms with Crippen molar-refractivity contribution in [3.8, 4) is 5.75 Å². The van der Waals surface area contributed by atoms with Crippen molar-refractivity contribution in [2.24, 2.45) is 17.6 Å². The Hall–Kier alpha value is -0.580. The summed E-state index contributed by atoms with van der Waals surface area (Å²) in [4.78, 5) is 2.41. The van der Waals surface area contributed by atoms with Gasteiger partial charge in [0.25, 0.3) is 0 Å². The molecule has 2 N–H and O–H groups in total. The van der Waals surface area contributed by atoms with Crippen LogP contribution in [0, 0.1) is 11.8 Å². The molecule has 0 radical (unpaired) electrons. The van der Waals surface area contributed by atoms with E-state index >= 15 is 0 Å². The van der Waals surface area contributed by atoms with Gasteiger partial charge in [-0.25, -0.2) is 0 Å². The highest BCUT2D eigenvalue weighted by atomic mass is 79.9. The number of hydrogen-bond acceptors (Lipinski definition) is 3. The van der Waals surface area contributed by atoms with Gasteiger partial charge in [0.15, 0.2) is 0 Å². The topological polar surface area (TPSA) is 38.5 Å². The van der Waals surface area contributed by atoms with Crippen LogP contribution in [0.4, 0.5) is 0 Å². The zero-order valence-electron chi connectivity index (χ0n) is 12.7. The first-order chi connectivity index (χ1) is 10.2. The fourth-order valence-electron chi connectivity index (χ4n) is 3.37. The first-order valence-corrected chi connectivity index (χ1v) is 8.79. The predicted molar refractivity (Wildman–Crippen MR) is 89.5 cm³/mol. The lowest BCUT2D eigenvalue weighted by Crippen LogP contribution is -2.20. The van der Waals surface area contributed by atoms with Gasteiger partial charge in [-0.2, -0.15) is 0 Å². The number of likely N-dealkylation sites (tertiary alicyclic amines) is 1. The van der Waals surface area contributed by atoms with Crippen LogP contribution < -0.4 is 10.5 Å². The van der Waals surface area contributed by atoms with E-state index < -0.39 is 0 Å². The fraction of sp³-hybridized carbons (Fsp3) is 0.647. The number of nitrogens with two attached hydrogens (primary N) is 1. The van der Waals surface area contributed by atoms with E-state index in [1.807, 2.05) is 0 Å². The molecule has 3 nitrogen and oxygen atoms in total. The van der Waals surface area contributed by atoms with Gasteiger partial charge in [0, 0.05) is 12.6 Å². The third kappa shape index (κ3) is 3.43. The number of halogens is 1. The maximum atomic E-state index is 5.95. The lowest BCUT2D eigenvalue weighted by Gasteiger charge is -2.25. The maximum absolute atomic E-state index is 5.95. The van der Waals surface area contributed by atoms with Crippen LogP contribution in [0.5, 0.6) is 5.75 Å². The summed E-state index contributed by atoms with van der Waals surface area (Å²) in [6.07, 6.45) is 5.16. The molecule has 1 aliphatic carbocycles. The van der Waals surface area contributed by atoms with Crippen molar-refractivity contribution >= 4 is 15.9 Å². The van der Waals surface area contributed by atoms with Crippen molar-refractivity contribution < 1.29 is 4.74 Å². The molecule has 2 unspecified atom stereocenters. The summed E-state index contributed by atoms with van der Waals surface area (Å²) in [5, 5.41) is 0. The molecule has 1 aromatic carbocycles. The lowest BCUT2D eigenvalue weighted by atomic mass is 9.86. The minimum Gasteiger partial charge on any atom is -0.492 e. The van der Waals surface area contributed by atoms with Crippen LogP contribution in [0.3, 0.4) is 0 Å². The van der Waals surface area contributed by atoms with Gasteiger partial charge >= 0.3 is 0 Å². The number of rotatable bonds is 5. The molecule has 2 atom stereocenters. The second-order valence-electron chi connectivity index (χ2n) is 6.59. The van der Waals surface area contributed by atoms with E-state index in [9.17, 15) is 0 Å². The zero-order valence-corrected chi connectivity index (χ0v) is 14.3. The zero-order chi connectivity index (χ0) is 14.8. The molecule has 2 aliphatic rings. The Balaban J connectivity index is 1.65. The first kappa shape index (κ1) is 15.3. The number of ether oxygens (including phenoxy) is 1. The molecule has 1 heterocycles. The molecule has 0 bridgehead atoms. The molecule has 4 heteroatoms. The highest BCUT2D eigenvalue weighted by molar-refractivity contribution is 9.10. The van der Waals surface area contributed by atoms with Crippen LogP contribution in [0.1, 0.15) is 37.3 Å². The van der Waals surface area contributed by atoms with E-state index in [-0.39, 0.29) is 0 Å². The Labute approximate surface area is 136 Å². The highest BCUT2D eigenvalue weighted by Gasteiger charge is 2.30. The van der Waals surface area contributed by atoms with Gasteiger partial charge < -0.3 is 10.5 Å². The smallest absolute Gasteiger partial charge is 0.133 e. The monoisotopic (exact) mass is 352 g/mol. The Kier molecular flexibility index (Phi) is 4.87. The van der Waals surface area contributed by atoms with E-state index in [0.717, 1.165) is 42.3 Å². The lowest BCUT2D eigenvalue weighted by molar-refractivity contribution is 0.180. The van der Waals surface area contributed by atoms with Crippen LogP contribution in [-0.2, 0) is 0 Å². The van der Waals surface area contributed by atoms with Crippen molar-refractivity contribution in [2.75, 3.05) is 26.7 Å². The van der Waals surface area contributed by atoms with Gasteiger partial charge in [-0.05, 0) is 78.3 Å². The van der Waals surface area contributed by atoms with Crippen LogP contribution in [-0.4, -0.2) is 31.6 Å². The fourth-order valence-corrected chi connectivity index (χ4v) is 3.89. The molecular formula is C17H25BrN2O. The van der Waals surface area contributed by atoms with Crippen molar-refractivity contribution in [1.29, 1.82) is 0 Å². The second kappa shape index (κ2) is 6.67. The Morgan fingerprint density at radius 3 is 2.71 bits per heavy atom.